The molecule has 0 radical (unpaired) electrons. The third kappa shape index (κ3) is 3.16. The summed E-state index contributed by atoms with van der Waals surface area (Å²) in [6.07, 6.45) is 1.38. The number of pyridine rings is 1. The Morgan fingerprint density at radius 1 is 1.35 bits per heavy atom. The van der Waals surface area contributed by atoms with Gasteiger partial charge in [-0.25, -0.2) is 9.98 Å². The number of carbonyl (C=O) groups is 1. The molecule has 6 nitrogen and oxygen atoms in total. The summed E-state index contributed by atoms with van der Waals surface area (Å²) in [6, 6.07) is 7.15. The van der Waals surface area contributed by atoms with Crippen molar-refractivity contribution >= 4 is 51.7 Å². The van der Waals surface area contributed by atoms with Crippen LogP contribution >= 0.6 is 35.0 Å². The third-order valence-electron chi connectivity index (χ3n) is 4.27. The Morgan fingerprint density at radius 2 is 2.19 bits per heavy atom. The number of halogens is 2. The number of nitrogens with one attached hydrogen (secondary N) is 1. The van der Waals surface area contributed by atoms with Crippen LogP contribution < -0.4 is 11.1 Å². The maximum absolute atomic E-state index is 12.5. The molecule has 4 rings (SSSR count). The molecule has 1 aromatic heterocycles. The predicted molar refractivity (Wildman–Crippen MR) is 104 cm³/mol. The minimum absolute atomic E-state index is 0.116. The topological polar surface area (TPSA) is 89.6 Å². The molecule has 0 fully saturated rings. The van der Waals surface area contributed by atoms with Crippen molar-refractivity contribution in [3.05, 3.63) is 57.3 Å². The van der Waals surface area contributed by atoms with Crippen LogP contribution in [-0.4, -0.2) is 28.4 Å². The molecule has 1 atom stereocenters. The summed E-state index contributed by atoms with van der Waals surface area (Å²) < 4.78 is 5.70. The Bertz CT molecular complexity index is 937. The molecule has 1 unspecified atom stereocenters. The van der Waals surface area contributed by atoms with Gasteiger partial charge in [0, 0.05) is 17.6 Å². The van der Waals surface area contributed by atoms with E-state index in [-0.39, 0.29) is 10.7 Å². The third-order valence-corrected chi connectivity index (χ3v) is 5.78. The summed E-state index contributed by atoms with van der Waals surface area (Å²) in [5.41, 5.74) is 8.18. The quantitative estimate of drug-likeness (QED) is 0.794. The average Bonchev–Trinajstić information content (AvgIpc) is 2.97. The van der Waals surface area contributed by atoms with Crippen molar-refractivity contribution in [3.63, 3.8) is 0 Å². The number of amides is 1. The van der Waals surface area contributed by atoms with Gasteiger partial charge >= 0.3 is 0 Å². The number of ether oxygens (including phenoxy) is 1. The molecule has 2 aromatic rings. The van der Waals surface area contributed by atoms with Gasteiger partial charge in [-0.3, -0.25) is 4.79 Å². The lowest BCUT2D eigenvalue weighted by Gasteiger charge is -2.32. The fourth-order valence-electron chi connectivity index (χ4n) is 3.07. The monoisotopic (exact) mass is 408 g/mol. The van der Waals surface area contributed by atoms with Gasteiger partial charge in [0.05, 0.1) is 23.3 Å². The minimum atomic E-state index is -0.501. The number of thioether (sulfide) groups is 1. The lowest BCUT2D eigenvalue weighted by Crippen LogP contribution is -2.35. The van der Waals surface area contributed by atoms with Crippen molar-refractivity contribution in [3.8, 4) is 0 Å². The molecule has 0 aliphatic carbocycles. The number of fused-ring (bicyclic) bond motifs is 2. The van der Waals surface area contributed by atoms with E-state index in [4.69, 9.17) is 33.7 Å². The summed E-state index contributed by atoms with van der Waals surface area (Å²) in [6.45, 7) is 0.978. The molecule has 134 valence electrons. The van der Waals surface area contributed by atoms with Gasteiger partial charge in [-0.2, -0.15) is 0 Å². The smallest absolute Gasteiger partial charge is 0.275 e. The maximum atomic E-state index is 12.5. The molecular weight excluding hydrogens is 395 g/mol. The summed E-state index contributed by atoms with van der Waals surface area (Å²) in [7, 11) is 0. The Kier molecular flexibility index (Phi) is 4.56. The molecule has 2 aliphatic heterocycles. The number of anilines is 1. The number of nitrogens with zero attached hydrogens (tertiary/aromatic N) is 2. The zero-order valence-corrected chi connectivity index (χ0v) is 15.8. The second-order valence-electron chi connectivity index (χ2n) is 6.07. The second kappa shape index (κ2) is 6.74. The molecule has 2 aliphatic rings. The number of aromatic nitrogens is 1. The summed E-state index contributed by atoms with van der Waals surface area (Å²) >= 11 is 13.4. The van der Waals surface area contributed by atoms with E-state index in [1.807, 2.05) is 18.2 Å². The first-order chi connectivity index (χ1) is 12.5. The van der Waals surface area contributed by atoms with Gasteiger partial charge in [-0.15, -0.1) is 0 Å². The fraction of sp³-hybridized carbons (Fsp3) is 0.235. The van der Waals surface area contributed by atoms with E-state index in [2.05, 4.69) is 15.3 Å². The fourth-order valence-corrected chi connectivity index (χ4v) is 4.47. The highest BCUT2D eigenvalue weighted by atomic mass is 35.5. The van der Waals surface area contributed by atoms with Gasteiger partial charge < -0.3 is 15.8 Å². The van der Waals surface area contributed by atoms with Crippen LogP contribution in [0.4, 0.5) is 5.69 Å². The van der Waals surface area contributed by atoms with Crippen LogP contribution in [0.15, 0.2) is 35.5 Å². The lowest BCUT2D eigenvalue weighted by molar-refractivity contribution is 0.0634. The van der Waals surface area contributed by atoms with Crippen LogP contribution in [0.5, 0.6) is 0 Å². The van der Waals surface area contributed by atoms with E-state index in [0.29, 0.717) is 34.8 Å². The standard InChI is InChI=1S/C17H14Cl2N4O2S/c18-10-3-13(19)14(21-5-10)15(24)22-11-2-1-9-6-25-7-17(12(9)4-11)8-26-16(20)23-17/h1-5H,6-8H2,(H2,20,23)(H,22,24). The summed E-state index contributed by atoms with van der Waals surface area (Å²) in [5, 5.41) is 3.95. The van der Waals surface area contributed by atoms with E-state index in [1.165, 1.54) is 24.0 Å². The largest absolute Gasteiger partial charge is 0.379 e. The number of hydrogen-bond acceptors (Lipinski definition) is 6. The molecule has 1 spiro atoms. The van der Waals surface area contributed by atoms with Crippen LogP contribution in [0.25, 0.3) is 0 Å². The van der Waals surface area contributed by atoms with Gasteiger partial charge in [0.25, 0.3) is 5.91 Å². The van der Waals surface area contributed by atoms with E-state index >= 15 is 0 Å². The van der Waals surface area contributed by atoms with E-state index in [0.717, 1.165) is 11.1 Å². The van der Waals surface area contributed by atoms with Crippen molar-refractivity contribution in [1.29, 1.82) is 0 Å². The normalized spacial score (nSPS) is 21.4. The molecule has 3 heterocycles. The van der Waals surface area contributed by atoms with Crippen molar-refractivity contribution in [2.75, 3.05) is 17.7 Å². The van der Waals surface area contributed by atoms with Gasteiger partial charge in [0.1, 0.15) is 11.2 Å². The molecule has 9 heteroatoms. The predicted octanol–water partition coefficient (Wildman–Crippen LogP) is 3.43. The molecule has 0 saturated carbocycles. The van der Waals surface area contributed by atoms with E-state index < -0.39 is 11.4 Å². The summed E-state index contributed by atoms with van der Waals surface area (Å²) in [4.78, 5) is 21.1. The highest BCUT2D eigenvalue weighted by molar-refractivity contribution is 8.14. The van der Waals surface area contributed by atoms with Crippen molar-refractivity contribution in [2.45, 2.75) is 12.1 Å². The van der Waals surface area contributed by atoms with E-state index in [1.54, 1.807) is 0 Å². The number of nitrogens with two attached hydrogens (primary N) is 1. The SMILES string of the molecule is NC1=NC2(COCc3ccc(NC(=O)c4ncc(Cl)cc4Cl)cc32)CS1. The highest BCUT2D eigenvalue weighted by Gasteiger charge is 2.41. The molecular formula is C17H14Cl2N4O2S. The number of aliphatic imine (C=N–C) groups is 1. The first kappa shape index (κ1) is 17.6. The minimum Gasteiger partial charge on any atom is -0.379 e. The van der Waals surface area contributed by atoms with Crippen LogP contribution in [0.2, 0.25) is 10.0 Å². The zero-order chi connectivity index (χ0) is 18.3. The number of carbonyl (C=O) groups excluding carboxylic acids is 1. The molecule has 1 aromatic carbocycles. The van der Waals surface area contributed by atoms with Gasteiger partial charge in [-0.1, -0.05) is 41.0 Å². The molecule has 3 N–H and O–H groups in total. The number of benzene rings is 1. The van der Waals surface area contributed by atoms with E-state index in [9.17, 15) is 4.79 Å². The van der Waals surface area contributed by atoms with Crippen LogP contribution in [-0.2, 0) is 16.9 Å². The van der Waals surface area contributed by atoms with Gasteiger partial charge in [-0.05, 0) is 29.3 Å². The Labute approximate surface area is 164 Å². The van der Waals surface area contributed by atoms with Crippen LogP contribution in [0, 0.1) is 0 Å². The number of hydrogen-bond donors (Lipinski definition) is 2. The summed E-state index contributed by atoms with van der Waals surface area (Å²) in [5.74, 6) is 0.310. The average molecular weight is 409 g/mol. The Morgan fingerprint density at radius 3 is 2.92 bits per heavy atom. The first-order valence-electron chi connectivity index (χ1n) is 7.78. The zero-order valence-electron chi connectivity index (χ0n) is 13.5. The molecule has 1 amide bonds. The van der Waals surface area contributed by atoms with Crippen LogP contribution in [0.3, 0.4) is 0 Å². The van der Waals surface area contributed by atoms with Gasteiger partial charge in [0.2, 0.25) is 0 Å². The second-order valence-corrected chi connectivity index (χ2v) is 7.91. The van der Waals surface area contributed by atoms with Crippen molar-refractivity contribution < 1.29 is 9.53 Å². The molecule has 0 bridgehead atoms. The molecule has 26 heavy (non-hydrogen) atoms. The van der Waals surface area contributed by atoms with Crippen molar-refractivity contribution in [2.24, 2.45) is 10.7 Å². The highest BCUT2D eigenvalue weighted by Crippen LogP contribution is 2.41. The number of rotatable bonds is 2. The van der Waals surface area contributed by atoms with Gasteiger partial charge in [0.15, 0.2) is 5.17 Å². The Hall–Kier alpha value is -1.80. The van der Waals surface area contributed by atoms with Crippen molar-refractivity contribution in [1.82, 2.24) is 4.98 Å². The Balaban J connectivity index is 1.65. The lowest BCUT2D eigenvalue weighted by atomic mass is 9.87. The maximum Gasteiger partial charge on any atom is 0.275 e. The number of amidine groups is 1. The molecule has 0 saturated heterocycles. The first-order valence-corrected chi connectivity index (χ1v) is 9.53. The van der Waals surface area contributed by atoms with Crippen LogP contribution in [0.1, 0.15) is 21.6 Å².